The summed E-state index contributed by atoms with van der Waals surface area (Å²) in [5, 5.41) is 0. The molecule has 8 aliphatic carbocycles. The van der Waals surface area contributed by atoms with Crippen molar-refractivity contribution in [3.05, 3.63) is 0 Å². The molecule has 8 rings (SSSR count). The monoisotopic (exact) mass is 300 g/mol. The topological polar surface area (TPSA) is 52.6 Å². The Kier molecular flexibility index (Phi) is 1.44. The minimum atomic E-state index is -0.505. The molecule has 22 heavy (non-hydrogen) atoms. The summed E-state index contributed by atoms with van der Waals surface area (Å²) in [7, 11) is 3.03. The summed E-state index contributed by atoms with van der Waals surface area (Å²) in [5.41, 5.74) is -1.01. The van der Waals surface area contributed by atoms with Crippen LogP contribution in [0.2, 0.25) is 0 Å². The molecule has 8 aliphatic rings. The number of methoxy groups -OCH3 is 2. The number of ether oxygens (including phenoxy) is 2. The van der Waals surface area contributed by atoms with Gasteiger partial charge in [0.15, 0.2) is 0 Å². The molecule has 0 amide bonds. The van der Waals surface area contributed by atoms with E-state index in [1.54, 1.807) is 0 Å². The maximum atomic E-state index is 13.1. The summed E-state index contributed by atoms with van der Waals surface area (Å²) in [6, 6.07) is 0. The molecule has 0 aromatic heterocycles. The first-order valence-corrected chi connectivity index (χ1v) is 8.84. The predicted octanol–water partition coefficient (Wildman–Crippen LogP) is 1.34. The first-order chi connectivity index (χ1) is 10.7. The highest BCUT2D eigenvalue weighted by Crippen LogP contribution is 3.01. The molecular formula is C18H20O4. The number of hydrogen-bond acceptors (Lipinski definition) is 4. The van der Waals surface area contributed by atoms with E-state index in [4.69, 9.17) is 9.47 Å². The van der Waals surface area contributed by atoms with Gasteiger partial charge in [0, 0.05) is 0 Å². The standard InChI is InChI=1S/C18H20O4/c1-21-15(19)17-11-5-3-7(5)13-9(11)10-12(17)6-4-8(6)14(10)18(13,17)16(20)22-2/h5-14H,3-4H2,1-2H3/t5-,6+,7+,8-,9?,10?,11-,12+,13-,14+,17?,18?. The second-order valence-electron chi connectivity index (χ2n) is 9.11. The summed E-state index contributed by atoms with van der Waals surface area (Å²) in [6.45, 7) is 0. The number of esters is 2. The van der Waals surface area contributed by atoms with E-state index in [1.165, 1.54) is 27.1 Å². The number of carbonyl (C=O) groups is 2. The van der Waals surface area contributed by atoms with Gasteiger partial charge in [0.2, 0.25) is 0 Å². The van der Waals surface area contributed by atoms with Crippen molar-refractivity contribution in [2.24, 2.45) is 70.0 Å². The molecular weight excluding hydrogens is 280 g/mol. The molecule has 4 heteroatoms. The van der Waals surface area contributed by atoms with Crippen LogP contribution in [0.25, 0.3) is 0 Å². The Hall–Kier alpha value is -1.06. The van der Waals surface area contributed by atoms with Crippen molar-refractivity contribution in [2.75, 3.05) is 14.2 Å². The molecule has 8 fully saturated rings. The van der Waals surface area contributed by atoms with E-state index in [-0.39, 0.29) is 11.9 Å². The maximum absolute atomic E-state index is 13.1. The summed E-state index contributed by atoms with van der Waals surface area (Å²) in [4.78, 5) is 26.3. The Morgan fingerprint density at radius 1 is 0.727 bits per heavy atom. The molecule has 0 N–H and O–H groups in total. The van der Waals surface area contributed by atoms with Crippen molar-refractivity contribution in [3.8, 4) is 0 Å². The van der Waals surface area contributed by atoms with E-state index >= 15 is 0 Å². The van der Waals surface area contributed by atoms with Crippen molar-refractivity contribution >= 4 is 11.9 Å². The van der Waals surface area contributed by atoms with Gasteiger partial charge >= 0.3 is 11.9 Å². The third-order valence-corrected chi connectivity index (χ3v) is 9.56. The lowest BCUT2D eigenvalue weighted by Crippen LogP contribution is -2.61. The fourth-order valence-corrected chi connectivity index (χ4v) is 10.0. The summed E-state index contributed by atoms with van der Waals surface area (Å²) >= 11 is 0. The van der Waals surface area contributed by atoms with E-state index in [1.807, 2.05) is 0 Å². The number of hydrogen-bond donors (Lipinski definition) is 0. The molecule has 8 bridgehead atoms. The van der Waals surface area contributed by atoms with E-state index in [9.17, 15) is 9.59 Å². The fraction of sp³-hybridized carbons (Fsp3) is 0.889. The molecule has 8 saturated carbocycles. The lowest BCUT2D eigenvalue weighted by molar-refractivity contribution is -0.195. The van der Waals surface area contributed by atoms with Crippen molar-refractivity contribution in [3.63, 3.8) is 0 Å². The average Bonchev–Trinajstić information content (AvgIpc) is 3.32. The predicted molar refractivity (Wildman–Crippen MR) is 73.0 cm³/mol. The minimum absolute atomic E-state index is 0.0684. The van der Waals surface area contributed by atoms with Crippen LogP contribution >= 0.6 is 0 Å². The van der Waals surface area contributed by atoms with Gasteiger partial charge in [-0.3, -0.25) is 9.59 Å². The molecule has 0 spiro atoms. The van der Waals surface area contributed by atoms with Crippen LogP contribution in [0.4, 0.5) is 0 Å². The van der Waals surface area contributed by atoms with Gasteiger partial charge in [0.05, 0.1) is 25.0 Å². The second-order valence-corrected chi connectivity index (χ2v) is 9.11. The van der Waals surface area contributed by atoms with Gasteiger partial charge in [-0.2, -0.15) is 0 Å². The van der Waals surface area contributed by atoms with Crippen LogP contribution in [0.15, 0.2) is 0 Å². The lowest BCUT2D eigenvalue weighted by atomic mass is 9.50. The van der Waals surface area contributed by atoms with Gasteiger partial charge in [-0.25, -0.2) is 0 Å². The maximum Gasteiger partial charge on any atom is 0.313 e. The SMILES string of the molecule is COC(=O)C12[C@@H]3C4C5[C@H]1[C@@H]1C[C@@H]1[C@H]5C2(C(=O)OC)[C@H]4[C@@H]1C[C@@H]13. The third kappa shape index (κ3) is 0.662. The lowest BCUT2D eigenvalue weighted by Gasteiger charge is -2.51. The quantitative estimate of drug-likeness (QED) is 0.722. The molecule has 0 saturated heterocycles. The second kappa shape index (κ2) is 2.76. The van der Waals surface area contributed by atoms with Gasteiger partial charge < -0.3 is 9.47 Å². The van der Waals surface area contributed by atoms with Crippen molar-refractivity contribution < 1.29 is 19.1 Å². The van der Waals surface area contributed by atoms with E-state index in [2.05, 4.69) is 0 Å². The van der Waals surface area contributed by atoms with Crippen LogP contribution in [0.3, 0.4) is 0 Å². The zero-order chi connectivity index (χ0) is 14.8. The van der Waals surface area contributed by atoms with Crippen LogP contribution in [0.1, 0.15) is 12.8 Å². The molecule has 0 heterocycles. The number of carbonyl (C=O) groups excluding carboxylic acids is 2. The van der Waals surface area contributed by atoms with Crippen molar-refractivity contribution in [1.29, 1.82) is 0 Å². The van der Waals surface area contributed by atoms with E-state index in [0.717, 1.165) is 0 Å². The molecule has 0 radical (unpaired) electrons. The molecule has 116 valence electrons. The van der Waals surface area contributed by atoms with Crippen LogP contribution in [0, 0.1) is 70.0 Å². The van der Waals surface area contributed by atoms with Crippen LogP contribution in [-0.2, 0) is 19.1 Å². The summed E-state index contributed by atoms with van der Waals surface area (Å²) < 4.78 is 10.7. The smallest absolute Gasteiger partial charge is 0.313 e. The highest BCUT2D eigenvalue weighted by molar-refractivity contribution is 5.95. The van der Waals surface area contributed by atoms with Gasteiger partial charge in [0.1, 0.15) is 0 Å². The molecule has 0 aromatic rings. The Bertz CT molecular complexity index is 593. The summed E-state index contributed by atoms with van der Waals surface area (Å²) in [6.07, 6.45) is 2.48. The van der Waals surface area contributed by atoms with Crippen molar-refractivity contribution in [1.82, 2.24) is 0 Å². The highest BCUT2D eigenvalue weighted by Gasteiger charge is 3.03. The molecule has 12 atom stereocenters. The van der Waals surface area contributed by atoms with E-state index in [0.29, 0.717) is 59.2 Å². The first kappa shape index (κ1) is 11.5. The molecule has 4 unspecified atom stereocenters. The van der Waals surface area contributed by atoms with Crippen LogP contribution in [-0.4, -0.2) is 26.2 Å². The Morgan fingerprint density at radius 3 is 1.32 bits per heavy atom. The number of rotatable bonds is 2. The molecule has 4 nitrogen and oxygen atoms in total. The Labute approximate surface area is 128 Å². The van der Waals surface area contributed by atoms with Crippen molar-refractivity contribution in [2.45, 2.75) is 12.8 Å². The van der Waals surface area contributed by atoms with Gasteiger partial charge in [-0.15, -0.1) is 0 Å². The number of fused-ring (bicyclic) bond motifs is 2. The minimum Gasteiger partial charge on any atom is -0.469 e. The summed E-state index contributed by atoms with van der Waals surface area (Å²) in [5.74, 6) is 5.67. The zero-order valence-corrected chi connectivity index (χ0v) is 12.8. The highest BCUT2D eigenvalue weighted by atomic mass is 16.5. The van der Waals surface area contributed by atoms with Gasteiger partial charge in [-0.1, -0.05) is 0 Å². The largest absolute Gasteiger partial charge is 0.469 e. The normalized spacial score (nSPS) is 71.5. The van der Waals surface area contributed by atoms with E-state index < -0.39 is 10.8 Å². The Morgan fingerprint density at radius 2 is 1.05 bits per heavy atom. The van der Waals surface area contributed by atoms with Gasteiger partial charge in [0.25, 0.3) is 0 Å². The zero-order valence-electron chi connectivity index (χ0n) is 12.8. The molecule has 0 aliphatic heterocycles. The third-order valence-electron chi connectivity index (χ3n) is 9.56. The van der Waals surface area contributed by atoms with Crippen LogP contribution in [0.5, 0.6) is 0 Å². The fourth-order valence-electron chi connectivity index (χ4n) is 10.0. The molecule has 0 aromatic carbocycles. The average molecular weight is 300 g/mol. The van der Waals surface area contributed by atoms with Crippen LogP contribution < -0.4 is 0 Å². The Balaban J connectivity index is 1.58. The van der Waals surface area contributed by atoms with Gasteiger partial charge in [-0.05, 0) is 72.0 Å². The first-order valence-electron chi connectivity index (χ1n) is 8.84.